The van der Waals surface area contributed by atoms with Crippen molar-refractivity contribution in [3.63, 3.8) is 0 Å². The lowest BCUT2D eigenvalue weighted by Crippen LogP contribution is -2.19. The van der Waals surface area contributed by atoms with E-state index in [-0.39, 0.29) is 10.8 Å². The van der Waals surface area contributed by atoms with Gasteiger partial charge in [-0.25, -0.2) is 19.2 Å². The molecule has 10 heteroatoms. The van der Waals surface area contributed by atoms with Crippen LogP contribution in [0.1, 0.15) is 16.1 Å². The summed E-state index contributed by atoms with van der Waals surface area (Å²) in [4.78, 5) is 33.0. The molecular weight excluding hydrogens is 413 g/mol. The quantitative estimate of drug-likeness (QED) is 0.422. The van der Waals surface area contributed by atoms with Crippen LogP contribution in [-0.2, 0) is 0 Å². The van der Waals surface area contributed by atoms with Gasteiger partial charge in [0.25, 0.3) is 5.91 Å². The minimum absolute atomic E-state index is 0.170. The van der Waals surface area contributed by atoms with E-state index in [2.05, 4.69) is 25.9 Å². The molecule has 146 valence electrons. The molecule has 0 saturated heterocycles. The van der Waals surface area contributed by atoms with E-state index in [1.807, 2.05) is 25.1 Å². The largest absolute Gasteiger partial charge is 0.325 e. The Bertz CT molecular complexity index is 1200. The number of fused-ring (bicyclic) bond motifs is 1. The maximum absolute atomic E-state index is 12.9. The monoisotopic (exact) mass is 427 g/mol. The number of nitrogens with zero attached hydrogens (tertiary/aromatic N) is 2. The molecule has 4 aromatic rings. The molecular formula is C19H14FN5O2S2. The fourth-order valence-corrected chi connectivity index (χ4v) is 4.15. The first kappa shape index (κ1) is 19.0. The fraction of sp³-hybridized carbons (Fsp3) is 0.0526. The van der Waals surface area contributed by atoms with Crippen molar-refractivity contribution in [3.8, 4) is 0 Å². The maximum Gasteiger partial charge on any atom is 0.325 e. The van der Waals surface area contributed by atoms with E-state index in [9.17, 15) is 14.0 Å². The zero-order chi connectivity index (χ0) is 20.4. The maximum atomic E-state index is 12.9. The summed E-state index contributed by atoms with van der Waals surface area (Å²) in [7, 11) is 0. The molecule has 0 fully saturated rings. The van der Waals surface area contributed by atoms with Crippen LogP contribution in [0.4, 0.5) is 25.1 Å². The van der Waals surface area contributed by atoms with Crippen molar-refractivity contribution in [1.29, 1.82) is 0 Å². The van der Waals surface area contributed by atoms with Crippen LogP contribution >= 0.6 is 22.7 Å². The SMILES string of the molecule is Cc1cccc2sc(NC(=O)c3csc(NC(=O)Nc4ccc(F)cc4)n3)nc12. The molecule has 2 aromatic carbocycles. The van der Waals surface area contributed by atoms with E-state index < -0.39 is 17.8 Å². The second-order valence-corrected chi connectivity index (χ2v) is 7.91. The molecule has 7 nitrogen and oxygen atoms in total. The molecule has 0 aliphatic rings. The number of rotatable bonds is 4. The molecule has 0 bridgehead atoms. The van der Waals surface area contributed by atoms with E-state index in [0.717, 1.165) is 27.1 Å². The van der Waals surface area contributed by atoms with Crippen molar-refractivity contribution in [3.05, 3.63) is 64.9 Å². The summed E-state index contributed by atoms with van der Waals surface area (Å²) in [5.41, 5.74) is 2.49. The number of carbonyl (C=O) groups is 2. The first-order valence-electron chi connectivity index (χ1n) is 8.44. The average Bonchev–Trinajstić information content (AvgIpc) is 3.31. The zero-order valence-electron chi connectivity index (χ0n) is 15.0. The Kier molecular flexibility index (Phi) is 5.19. The van der Waals surface area contributed by atoms with E-state index in [1.165, 1.54) is 35.6 Å². The highest BCUT2D eigenvalue weighted by Gasteiger charge is 2.15. The number of benzene rings is 2. The Labute approximate surface area is 172 Å². The number of amides is 3. The van der Waals surface area contributed by atoms with Gasteiger partial charge >= 0.3 is 6.03 Å². The van der Waals surface area contributed by atoms with E-state index in [4.69, 9.17) is 0 Å². The fourth-order valence-electron chi connectivity index (χ4n) is 2.53. The highest BCUT2D eigenvalue weighted by atomic mass is 32.1. The smallest absolute Gasteiger partial charge is 0.308 e. The average molecular weight is 427 g/mol. The van der Waals surface area contributed by atoms with E-state index in [1.54, 1.807) is 5.38 Å². The number of aromatic nitrogens is 2. The Morgan fingerprint density at radius 2 is 1.76 bits per heavy atom. The number of anilines is 3. The van der Waals surface area contributed by atoms with Crippen LogP contribution in [0.2, 0.25) is 0 Å². The number of hydrogen-bond acceptors (Lipinski definition) is 6. The van der Waals surface area contributed by atoms with Crippen LogP contribution in [0.15, 0.2) is 47.8 Å². The Morgan fingerprint density at radius 1 is 0.966 bits per heavy atom. The second kappa shape index (κ2) is 7.94. The van der Waals surface area contributed by atoms with Crippen molar-refractivity contribution < 1.29 is 14.0 Å². The molecule has 4 rings (SSSR count). The standard InChI is InChI=1S/C19H14FN5O2S2/c1-10-3-2-4-14-15(10)23-19(29-14)24-16(26)13-9-28-18(22-13)25-17(27)21-12-7-5-11(20)6-8-12/h2-9H,1H3,(H,23,24,26)(H2,21,22,25,27). The molecule has 3 N–H and O–H groups in total. The molecule has 0 radical (unpaired) electrons. The molecule has 0 atom stereocenters. The first-order valence-corrected chi connectivity index (χ1v) is 10.1. The minimum Gasteiger partial charge on any atom is -0.308 e. The summed E-state index contributed by atoms with van der Waals surface area (Å²) in [6, 6.07) is 10.7. The topological polar surface area (TPSA) is 96.0 Å². The third-order valence-corrected chi connectivity index (χ3v) is 5.59. The number of carbonyl (C=O) groups excluding carboxylic acids is 2. The molecule has 0 unspecified atom stereocenters. The molecule has 0 spiro atoms. The number of hydrogen-bond donors (Lipinski definition) is 3. The van der Waals surface area contributed by atoms with E-state index >= 15 is 0 Å². The number of halogens is 1. The van der Waals surface area contributed by atoms with Crippen molar-refractivity contribution in [1.82, 2.24) is 9.97 Å². The van der Waals surface area contributed by atoms with Crippen LogP contribution in [0.25, 0.3) is 10.2 Å². The van der Waals surface area contributed by atoms with Gasteiger partial charge in [0.15, 0.2) is 10.3 Å². The number of urea groups is 1. The minimum atomic E-state index is -0.542. The van der Waals surface area contributed by atoms with Crippen molar-refractivity contribution in [2.45, 2.75) is 6.92 Å². The van der Waals surface area contributed by atoms with Gasteiger partial charge in [0.2, 0.25) is 0 Å². The van der Waals surface area contributed by atoms with E-state index in [0.29, 0.717) is 10.8 Å². The normalized spacial score (nSPS) is 10.7. The summed E-state index contributed by atoms with van der Waals surface area (Å²) in [5, 5.41) is 10.1. The summed E-state index contributed by atoms with van der Waals surface area (Å²) >= 11 is 2.50. The molecule has 0 saturated carbocycles. The predicted molar refractivity (Wildman–Crippen MR) is 113 cm³/mol. The van der Waals surface area contributed by atoms with Crippen molar-refractivity contribution in [2.75, 3.05) is 16.0 Å². The third-order valence-electron chi connectivity index (χ3n) is 3.90. The summed E-state index contributed by atoms with van der Waals surface area (Å²) in [6.07, 6.45) is 0. The van der Waals surface area contributed by atoms with Crippen molar-refractivity contribution >= 4 is 60.8 Å². The first-order chi connectivity index (χ1) is 14.0. The molecule has 29 heavy (non-hydrogen) atoms. The summed E-state index contributed by atoms with van der Waals surface area (Å²) < 4.78 is 13.9. The van der Waals surface area contributed by atoms with Gasteiger partial charge in [-0.2, -0.15) is 0 Å². The molecule has 3 amide bonds. The lowest BCUT2D eigenvalue weighted by molar-refractivity contribution is 0.102. The van der Waals surface area contributed by atoms with Gasteiger partial charge in [-0.3, -0.25) is 15.4 Å². The summed E-state index contributed by atoms with van der Waals surface area (Å²) in [6.45, 7) is 1.96. The van der Waals surface area contributed by atoms with Crippen molar-refractivity contribution in [2.24, 2.45) is 0 Å². The molecule has 2 heterocycles. The third kappa shape index (κ3) is 4.39. The van der Waals surface area contributed by atoms with Gasteiger partial charge in [0, 0.05) is 11.1 Å². The Morgan fingerprint density at radius 3 is 2.52 bits per heavy atom. The van der Waals surface area contributed by atoms with Crippen LogP contribution in [-0.4, -0.2) is 21.9 Å². The van der Waals surface area contributed by atoms with Gasteiger partial charge in [-0.15, -0.1) is 11.3 Å². The number of para-hydroxylation sites is 1. The lowest BCUT2D eigenvalue weighted by Gasteiger charge is -2.04. The number of nitrogens with one attached hydrogen (secondary N) is 3. The van der Waals surface area contributed by atoms with Crippen LogP contribution < -0.4 is 16.0 Å². The van der Waals surface area contributed by atoms with Gasteiger partial charge in [-0.05, 0) is 42.8 Å². The van der Waals surface area contributed by atoms with Gasteiger partial charge in [0.05, 0.1) is 10.2 Å². The Balaban J connectivity index is 1.39. The van der Waals surface area contributed by atoms with Crippen LogP contribution in [0.3, 0.4) is 0 Å². The number of thiazole rings is 2. The van der Waals surface area contributed by atoms with Crippen LogP contribution in [0, 0.1) is 12.7 Å². The molecule has 2 aromatic heterocycles. The summed E-state index contributed by atoms with van der Waals surface area (Å²) in [5.74, 6) is -0.806. The van der Waals surface area contributed by atoms with Gasteiger partial charge < -0.3 is 5.32 Å². The van der Waals surface area contributed by atoms with Gasteiger partial charge in [-0.1, -0.05) is 23.5 Å². The predicted octanol–water partition coefficient (Wildman–Crippen LogP) is 5.10. The lowest BCUT2D eigenvalue weighted by atomic mass is 10.2. The molecule has 0 aliphatic carbocycles. The highest BCUT2D eigenvalue weighted by molar-refractivity contribution is 7.22. The van der Waals surface area contributed by atoms with Gasteiger partial charge in [0.1, 0.15) is 11.5 Å². The number of aryl methyl sites for hydroxylation is 1. The zero-order valence-corrected chi connectivity index (χ0v) is 16.7. The second-order valence-electron chi connectivity index (χ2n) is 6.02. The Hall–Kier alpha value is -3.37. The molecule has 0 aliphatic heterocycles. The van der Waals surface area contributed by atoms with Crippen LogP contribution in [0.5, 0.6) is 0 Å². The highest BCUT2D eigenvalue weighted by Crippen LogP contribution is 2.28.